The zero-order valence-electron chi connectivity index (χ0n) is 11.3. The van der Waals surface area contributed by atoms with Crippen molar-refractivity contribution < 1.29 is 9.18 Å². The van der Waals surface area contributed by atoms with E-state index in [2.05, 4.69) is 10.1 Å². The maximum atomic E-state index is 13.9. The smallest absolute Gasteiger partial charge is 0.287 e. The van der Waals surface area contributed by atoms with E-state index >= 15 is 0 Å². The van der Waals surface area contributed by atoms with Crippen molar-refractivity contribution in [2.75, 3.05) is 0 Å². The summed E-state index contributed by atoms with van der Waals surface area (Å²) in [5.41, 5.74) is 3.52. The quantitative estimate of drug-likeness (QED) is 0.438. The highest BCUT2D eigenvalue weighted by Gasteiger charge is 2.18. The third-order valence-electron chi connectivity index (χ3n) is 3.19. The molecule has 0 bridgehead atoms. The van der Waals surface area contributed by atoms with E-state index in [9.17, 15) is 9.18 Å². The molecule has 2 heterocycles. The van der Waals surface area contributed by atoms with E-state index in [4.69, 9.17) is 17.4 Å². The number of benzene rings is 1. The molecule has 0 saturated heterocycles. The van der Waals surface area contributed by atoms with Crippen molar-refractivity contribution >= 4 is 28.5 Å². The molecule has 0 aliphatic rings. The van der Waals surface area contributed by atoms with Crippen molar-refractivity contribution in [1.82, 2.24) is 20.2 Å². The fourth-order valence-electron chi connectivity index (χ4n) is 2.16. The largest absolute Gasteiger partial charge is 0.289 e. The maximum Gasteiger partial charge on any atom is 0.287 e. The van der Waals surface area contributed by atoms with Gasteiger partial charge in [-0.1, -0.05) is 17.7 Å². The van der Waals surface area contributed by atoms with Gasteiger partial charge in [-0.05, 0) is 24.3 Å². The summed E-state index contributed by atoms with van der Waals surface area (Å²) in [6.07, 6.45) is 1.55. The second kappa shape index (κ2) is 5.70. The number of carbonyl (C=O) groups is 1. The summed E-state index contributed by atoms with van der Waals surface area (Å²) >= 11 is 5.74. The molecule has 0 aliphatic carbocycles. The Morgan fingerprint density at radius 1 is 1.41 bits per heavy atom. The van der Waals surface area contributed by atoms with E-state index in [1.807, 2.05) is 5.43 Å². The van der Waals surface area contributed by atoms with Crippen molar-refractivity contribution in [3.8, 4) is 0 Å². The summed E-state index contributed by atoms with van der Waals surface area (Å²) in [5.74, 6) is 4.15. The average molecular weight is 320 g/mol. The lowest BCUT2D eigenvalue weighted by atomic mass is 10.2. The Kier molecular flexibility index (Phi) is 3.74. The van der Waals surface area contributed by atoms with Crippen molar-refractivity contribution in [1.29, 1.82) is 0 Å². The van der Waals surface area contributed by atoms with Gasteiger partial charge in [0.25, 0.3) is 5.91 Å². The van der Waals surface area contributed by atoms with Crippen LogP contribution in [0.4, 0.5) is 4.39 Å². The Hall–Kier alpha value is -2.51. The third kappa shape index (κ3) is 2.51. The molecular formula is C14H11ClFN5O. The molecule has 3 aromatic rings. The van der Waals surface area contributed by atoms with Crippen molar-refractivity contribution in [2.45, 2.75) is 6.54 Å². The molecule has 0 saturated carbocycles. The number of nitrogens with two attached hydrogens (primary N) is 1. The molecule has 22 heavy (non-hydrogen) atoms. The molecule has 6 nitrogen and oxygen atoms in total. The molecule has 1 amide bonds. The monoisotopic (exact) mass is 319 g/mol. The summed E-state index contributed by atoms with van der Waals surface area (Å²) in [6.45, 7) is 0.142. The van der Waals surface area contributed by atoms with E-state index < -0.39 is 11.7 Å². The van der Waals surface area contributed by atoms with E-state index in [1.165, 1.54) is 10.7 Å². The van der Waals surface area contributed by atoms with Gasteiger partial charge in [-0.3, -0.25) is 19.9 Å². The highest BCUT2D eigenvalue weighted by atomic mass is 35.5. The minimum absolute atomic E-state index is 0.0903. The number of rotatable bonds is 3. The maximum absolute atomic E-state index is 13.9. The van der Waals surface area contributed by atoms with Crippen LogP contribution in [-0.2, 0) is 6.54 Å². The predicted molar refractivity (Wildman–Crippen MR) is 79.7 cm³/mol. The second-order valence-corrected chi connectivity index (χ2v) is 5.02. The van der Waals surface area contributed by atoms with Gasteiger partial charge in [0.05, 0.1) is 12.1 Å². The second-order valence-electron chi connectivity index (χ2n) is 4.59. The molecule has 0 fully saturated rings. The summed E-state index contributed by atoms with van der Waals surface area (Å²) in [6, 6.07) is 7.86. The SMILES string of the molecule is NNC(=O)c1nn(Cc2ccc(Cl)cc2F)c2cccnc12. The lowest BCUT2D eigenvalue weighted by Gasteiger charge is -2.05. The Morgan fingerprint density at radius 2 is 2.23 bits per heavy atom. The van der Waals surface area contributed by atoms with Crippen LogP contribution in [0.2, 0.25) is 5.02 Å². The van der Waals surface area contributed by atoms with Crippen molar-refractivity contribution in [3.63, 3.8) is 0 Å². The van der Waals surface area contributed by atoms with Crippen LogP contribution < -0.4 is 11.3 Å². The molecule has 1 aromatic carbocycles. The Balaban J connectivity index is 2.09. The molecule has 0 spiro atoms. The van der Waals surface area contributed by atoms with Crippen LogP contribution >= 0.6 is 11.6 Å². The number of nitrogen functional groups attached to an aromatic ring is 1. The van der Waals surface area contributed by atoms with E-state index in [1.54, 1.807) is 30.5 Å². The first-order chi connectivity index (χ1) is 10.6. The van der Waals surface area contributed by atoms with Gasteiger partial charge in [0.2, 0.25) is 0 Å². The van der Waals surface area contributed by atoms with E-state index in [0.29, 0.717) is 21.6 Å². The molecule has 8 heteroatoms. The number of nitrogens with one attached hydrogen (secondary N) is 1. The number of amides is 1. The highest BCUT2D eigenvalue weighted by Crippen LogP contribution is 2.20. The topological polar surface area (TPSA) is 85.8 Å². The number of carbonyl (C=O) groups excluding carboxylic acids is 1. The first-order valence-electron chi connectivity index (χ1n) is 6.36. The summed E-state index contributed by atoms with van der Waals surface area (Å²) < 4.78 is 15.4. The molecule has 0 unspecified atom stereocenters. The van der Waals surface area contributed by atoms with Crippen LogP contribution in [0.3, 0.4) is 0 Å². The third-order valence-corrected chi connectivity index (χ3v) is 3.43. The number of aromatic nitrogens is 3. The number of hydrogen-bond donors (Lipinski definition) is 2. The number of hydrazine groups is 1. The van der Waals surface area contributed by atoms with E-state index in [-0.39, 0.29) is 12.2 Å². The lowest BCUT2D eigenvalue weighted by Crippen LogP contribution is -2.30. The van der Waals surface area contributed by atoms with Gasteiger partial charge in [-0.25, -0.2) is 10.2 Å². The van der Waals surface area contributed by atoms with Crippen molar-refractivity contribution in [2.24, 2.45) is 5.84 Å². The minimum Gasteiger partial charge on any atom is -0.289 e. The van der Waals surface area contributed by atoms with Crippen LogP contribution in [0.5, 0.6) is 0 Å². The molecule has 0 radical (unpaired) electrons. The van der Waals surface area contributed by atoms with Crippen LogP contribution in [0, 0.1) is 5.82 Å². The van der Waals surface area contributed by atoms with Gasteiger partial charge in [0.1, 0.15) is 11.3 Å². The number of pyridine rings is 1. The summed E-state index contributed by atoms with van der Waals surface area (Å²) in [7, 11) is 0. The van der Waals surface area contributed by atoms with Gasteiger partial charge < -0.3 is 0 Å². The molecule has 112 valence electrons. The molecule has 0 atom stereocenters. The van der Waals surface area contributed by atoms with Gasteiger partial charge in [0.15, 0.2) is 5.69 Å². The molecule has 0 aliphatic heterocycles. The number of nitrogens with zero attached hydrogens (tertiary/aromatic N) is 3. The van der Waals surface area contributed by atoms with E-state index in [0.717, 1.165) is 0 Å². The lowest BCUT2D eigenvalue weighted by molar-refractivity contribution is 0.0949. The first kappa shape index (κ1) is 14.4. The predicted octanol–water partition coefficient (Wildman–Crippen LogP) is 1.88. The first-order valence-corrected chi connectivity index (χ1v) is 6.74. The van der Waals surface area contributed by atoms with Crippen LogP contribution in [0.1, 0.15) is 16.1 Å². The Bertz CT molecular complexity index is 864. The van der Waals surface area contributed by atoms with Crippen LogP contribution in [0.15, 0.2) is 36.5 Å². The highest BCUT2D eigenvalue weighted by molar-refractivity contribution is 6.30. The Morgan fingerprint density at radius 3 is 2.95 bits per heavy atom. The van der Waals surface area contributed by atoms with Crippen molar-refractivity contribution in [3.05, 3.63) is 58.6 Å². The number of halogens is 2. The zero-order chi connectivity index (χ0) is 15.7. The molecule has 3 N–H and O–H groups in total. The van der Waals surface area contributed by atoms with Gasteiger partial charge in [-0.2, -0.15) is 5.10 Å². The average Bonchev–Trinajstić information content (AvgIpc) is 2.88. The minimum atomic E-state index is -0.556. The summed E-state index contributed by atoms with van der Waals surface area (Å²) in [4.78, 5) is 15.9. The van der Waals surface area contributed by atoms with Crippen LogP contribution in [0.25, 0.3) is 11.0 Å². The molecular weight excluding hydrogens is 309 g/mol. The molecule has 3 rings (SSSR count). The normalized spacial score (nSPS) is 10.9. The van der Waals surface area contributed by atoms with Gasteiger partial charge in [-0.15, -0.1) is 0 Å². The van der Waals surface area contributed by atoms with Crippen LogP contribution in [-0.4, -0.2) is 20.7 Å². The summed E-state index contributed by atoms with van der Waals surface area (Å²) in [5, 5.41) is 4.50. The van der Waals surface area contributed by atoms with Gasteiger partial charge >= 0.3 is 0 Å². The Labute approximate surface area is 129 Å². The zero-order valence-corrected chi connectivity index (χ0v) is 12.0. The number of hydrogen-bond acceptors (Lipinski definition) is 4. The fraction of sp³-hybridized carbons (Fsp3) is 0.0714. The fourth-order valence-corrected chi connectivity index (χ4v) is 2.32. The molecule has 2 aromatic heterocycles. The van der Waals surface area contributed by atoms with Gasteiger partial charge in [0, 0.05) is 16.8 Å². The standard InChI is InChI=1S/C14H11ClFN5O/c15-9-4-3-8(10(16)6-9)7-21-11-2-1-5-18-12(11)13(20-21)14(22)19-17/h1-6H,7,17H2,(H,19,22). The number of fused-ring (bicyclic) bond motifs is 1.